The van der Waals surface area contributed by atoms with Crippen LogP contribution >= 0.6 is 0 Å². The first-order valence-corrected chi connectivity index (χ1v) is 6.19. The molecule has 0 saturated heterocycles. The molecule has 1 N–H and O–H groups in total. The van der Waals surface area contributed by atoms with Crippen LogP contribution in [-0.2, 0) is 4.79 Å². The van der Waals surface area contributed by atoms with Crippen molar-refractivity contribution in [1.29, 1.82) is 0 Å². The number of benzene rings is 1. The van der Waals surface area contributed by atoms with Crippen molar-refractivity contribution in [1.82, 2.24) is 10.3 Å². The molecule has 19 heavy (non-hydrogen) atoms. The number of pyridine rings is 1. The van der Waals surface area contributed by atoms with Gasteiger partial charge in [-0.05, 0) is 30.2 Å². The summed E-state index contributed by atoms with van der Waals surface area (Å²) in [5.41, 5.74) is 2.00. The third-order valence-corrected chi connectivity index (χ3v) is 2.77. The molecule has 1 aromatic heterocycles. The monoisotopic (exact) mass is 252 g/mol. The molecule has 0 bridgehead atoms. The van der Waals surface area contributed by atoms with Gasteiger partial charge in [0.15, 0.2) is 0 Å². The lowest BCUT2D eigenvalue weighted by atomic mass is 10.1. The molecule has 0 unspecified atom stereocenters. The summed E-state index contributed by atoms with van der Waals surface area (Å²) in [6.45, 7) is 1.96. The van der Waals surface area contributed by atoms with Crippen molar-refractivity contribution in [2.45, 2.75) is 13.0 Å². The molecule has 3 nitrogen and oxygen atoms in total. The van der Waals surface area contributed by atoms with E-state index in [9.17, 15) is 4.79 Å². The zero-order chi connectivity index (χ0) is 13.5. The van der Waals surface area contributed by atoms with Gasteiger partial charge in [-0.15, -0.1) is 0 Å². The first-order valence-electron chi connectivity index (χ1n) is 6.19. The largest absolute Gasteiger partial charge is 0.346 e. The Balaban J connectivity index is 1.93. The van der Waals surface area contributed by atoms with Crippen molar-refractivity contribution < 1.29 is 4.79 Å². The van der Waals surface area contributed by atoms with E-state index in [1.165, 1.54) is 6.08 Å². The fourth-order valence-electron chi connectivity index (χ4n) is 1.73. The lowest BCUT2D eigenvalue weighted by Crippen LogP contribution is -2.24. The van der Waals surface area contributed by atoms with E-state index in [0.717, 1.165) is 11.1 Å². The number of amides is 1. The second-order valence-electron chi connectivity index (χ2n) is 4.26. The van der Waals surface area contributed by atoms with Crippen LogP contribution in [0.4, 0.5) is 0 Å². The minimum atomic E-state index is -0.111. The van der Waals surface area contributed by atoms with E-state index in [4.69, 9.17) is 0 Å². The van der Waals surface area contributed by atoms with Crippen LogP contribution in [0.25, 0.3) is 6.08 Å². The van der Waals surface area contributed by atoms with Gasteiger partial charge < -0.3 is 5.32 Å². The minimum Gasteiger partial charge on any atom is -0.346 e. The van der Waals surface area contributed by atoms with Gasteiger partial charge in [0, 0.05) is 18.5 Å². The molecule has 0 spiro atoms. The third kappa shape index (κ3) is 4.07. The zero-order valence-corrected chi connectivity index (χ0v) is 10.8. The number of nitrogens with one attached hydrogen (secondary N) is 1. The van der Waals surface area contributed by atoms with Gasteiger partial charge in [0.1, 0.15) is 0 Å². The summed E-state index contributed by atoms with van der Waals surface area (Å²) in [4.78, 5) is 15.8. The topological polar surface area (TPSA) is 42.0 Å². The van der Waals surface area contributed by atoms with Crippen LogP contribution in [0, 0.1) is 0 Å². The maximum absolute atomic E-state index is 11.8. The Morgan fingerprint density at radius 3 is 2.68 bits per heavy atom. The molecule has 1 amide bonds. The van der Waals surface area contributed by atoms with E-state index in [-0.39, 0.29) is 11.9 Å². The van der Waals surface area contributed by atoms with Crippen LogP contribution in [0.2, 0.25) is 0 Å². The Morgan fingerprint density at radius 2 is 2.00 bits per heavy atom. The molecule has 3 heteroatoms. The van der Waals surface area contributed by atoms with Crippen LogP contribution in [-0.4, -0.2) is 10.9 Å². The molecule has 2 rings (SSSR count). The highest BCUT2D eigenvalue weighted by atomic mass is 16.1. The van der Waals surface area contributed by atoms with Crippen molar-refractivity contribution in [3.63, 3.8) is 0 Å². The van der Waals surface area contributed by atoms with Gasteiger partial charge in [0.2, 0.25) is 5.91 Å². The molecule has 0 saturated carbocycles. The summed E-state index contributed by atoms with van der Waals surface area (Å²) < 4.78 is 0. The highest BCUT2D eigenvalue weighted by molar-refractivity contribution is 5.91. The maximum atomic E-state index is 11.8. The lowest BCUT2D eigenvalue weighted by Gasteiger charge is -2.12. The summed E-state index contributed by atoms with van der Waals surface area (Å²) in [5.74, 6) is -0.111. The average Bonchev–Trinajstić information content (AvgIpc) is 2.47. The number of hydrogen-bond acceptors (Lipinski definition) is 2. The van der Waals surface area contributed by atoms with Gasteiger partial charge in [-0.2, -0.15) is 0 Å². The maximum Gasteiger partial charge on any atom is 0.244 e. The molecule has 0 aliphatic heterocycles. The van der Waals surface area contributed by atoms with E-state index in [0.29, 0.717) is 0 Å². The van der Waals surface area contributed by atoms with Gasteiger partial charge in [0.05, 0.1) is 6.04 Å². The summed E-state index contributed by atoms with van der Waals surface area (Å²) >= 11 is 0. The summed E-state index contributed by atoms with van der Waals surface area (Å²) in [6.07, 6.45) is 6.69. The molecular formula is C16H16N2O. The Kier molecular flexibility index (Phi) is 4.45. The molecule has 0 radical (unpaired) electrons. The Bertz CT molecular complexity index is 549. The standard InChI is InChI=1S/C16H16N2O/c1-13(15-7-3-2-4-8-15)18-16(19)10-9-14-6-5-11-17-12-14/h2-13H,1H3,(H,18,19)/b10-9+/t13-/m1/s1. The highest BCUT2D eigenvalue weighted by Crippen LogP contribution is 2.10. The lowest BCUT2D eigenvalue weighted by molar-refractivity contribution is -0.117. The van der Waals surface area contributed by atoms with Crippen LogP contribution in [0.1, 0.15) is 24.1 Å². The SMILES string of the molecule is C[C@@H](NC(=O)/C=C/c1cccnc1)c1ccccc1. The van der Waals surface area contributed by atoms with Crippen molar-refractivity contribution in [3.8, 4) is 0 Å². The molecule has 1 heterocycles. The van der Waals surface area contributed by atoms with Crippen molar-refractivity contribution in [2.24, 2.45) is 0 Å². The molecule has 1 atom stereocenters. The van der Waals surface area contributed by atoms with Gasteiger partial charge >= 0.3 is 0 Å². The van der Waals surface area contributed by atoms with E-state index >= 15 is 0 Å². The Hall–Kier alpha value is -2.42. The number of hydrogen-bond donors (Lipinski definition) is 1. The summed E-state index contributed by atoms with van der Waals surface area (Å²) in [5, 5.41) is 2.92. The molecule has 96 valence electrons. The van der Waals surface area contributed by atoms with E-state index in [1.807, 2.05) is 49.4 Å². The predicted octanol–water partition coefficient (Wildman–Crippen LogP) is 2.97. The summed E-state index contributed by atoms with van der Waals surface area (Å²) in [7, 11) is 0. The highest BCUT2D eigenvalue weighted by Gasteiger charge is 2.06. The fraction of sp³-hybridized carbons (Fsp3) is 0.125. The summed E-state index contributed by atoms with van der Waals surface area (Å²) in [6, 6.07) is 13.6. The van der Waals surface area contributed by atoms with Crippen molar-refractivity contribution >= 4 is 12.0 Å². The minimum absolute atomic E-state index is 0.00718. The van der Waals surface area contributed by atoms with Gasteiger partial charge in [-0.25, -0.2) is 0 Å². The second-order valence-corrected chi connectivity index (χ2v) is 4.26. The fourth-order valence-corrected chi connectivity index (χ4v) is 1.73. The van der Waals surface area contributed by atoms with Crippen LogP contribution < -0.4 is 5.32 Å². The number of carbonyl (C=O) groups excluding carboxylic acids is 1. The predicted molar refractivity (Wildman–Crippen MR) is 76.3 cm³/mol. The van der Waals surface area contributed by atoms with E-state index < -0.39 is 0 Å². The van der Waals surface area contributed by atoms with Gasteiger partial charge in [0.25, 0.3) is 0 Å². The third-order valence-electron chi connectivity index (χ3n) is 2.77. The molecule has 0 fully saturated rings. The first kappa shape index (κ1) is 13.0. The second kappa shape index (κ2) is 6.50. The van der Waals surface area contributed by atoms with Crippen LogP contribution in [0.3, 0.4) is 0 Å². The Morgan fingerprint density at radius 1 is 1.21 bits per heavy atom. The normalized spacial score (nSPS) is 12.3. The zero-order valence-electron chi connectivity index (χ0n) is 10.8. The Labute approximate surface area is 113 Å². The van der Waals surface area contributed by atoms with Gasteiger partial charge in [-0.1, -0.05) is 36.4 Å². The number of nitrogens with zero attached hydrogens (tertiary/aromatic N) is 1. The van der Waals surface area contributed by atoms with Crippen molar-refractivity contribution in [2.75, 3.05) is 0 Å². The number of carbonyl (C=O) groups is 1. The van der Waals surface area contributed by atoms with Crippen LogP contribution in [0.5, 0.6) is 0 Å². The quantitative estimate of drug-likeness (QED) is 0.850. The van der Waals surface area contributed by atoms with Gasteiger partial charge in [-0.3, -0.25) is 9.78 Å². The van der Waals surface area contributed by atoms with Crippen molar-refractivity contribution in [3.05, 3.63) is 72.1 Å². The molecule has 0 aliphatic carbocycles. The smallest absolute Gasteiger partial charge is 0.244 e. The molecule has 2 aromatic rings. The van der Waals surface area contributed by atoms with E-state index in [1.54, 1.807) is 18.5 Å². The molecule has 0 aliphatic rings. The number of aromatic nitrogens is 1. The first-order chi connectivity index (χ1) is 9.25. The number of rotatable bonds is 4. The average molecular weight is 252 g/mol. The molecular weight excluding hydrogens is 236 g/mol. The van der Waals surface area contributed by atoms with Crippen LogP contribution in [0.15, 0.2) is 60.9 Å². The molecule has 1 aromatic carbocycles. The van der Waals surface area contributed by atoms with E-state index in [2.05, 4.69) is 10.3 Å².